The molecule has 7 heteroatoms. The van der Waals surface area contributed by atoms with Gasteiger partial charge in [-0.15, -0.1) is 0 Å². The van der Waals surface area contributed by atoms with Gasteiger partial charge < -0.3 is 9.84 Å². The summed E-state index contributed by atoms with van der Waals surface area (Å²) in [5.74, 6) is -0.558. The summed E-state index contributed by atoms with van der Waals surface area (Å²) in [7, 11) is -3.43. The quantitative estimate of drug-likeness (QED) is 0.641. The van der Waals surface area contributed by atoms with E-state index in [1.165, 1.54) is 0 Å². The molecule has 1 aliphatic carbocycles. The van der Waals surface area contributed by atoms with Gasteiger partial charge in [0.25, 0.3) is 0 Å². The van der Waals surface area contributed by atoms with Crippen LogP contribution in [0.2, 0.25) is 0 Å². The van der Waals surface area contributed by atoms with E-state index in [-0.39, 0.29) is 30.8 Å². The first-order chi connectivity index (χ1) is 8.43. The molecule has 1 aliphatic rings. The molecule has 2 unspecified atom stereocenters. The van der Waals surface area contributed by atoms with Crippen molar-refractivity contribution in [1.29, 1.82) is 0 Å². The Morgan fingerprint density at radius 1 is 1.44 bits per heavy atom. The first-order valence-electron chi connectivity index (χ1n) is 6.24. The number of ether oxygens (including phenoxy) is 1. The fourth-order valence-corrected chi connectivity index (χ4v) is 3.07. The fourth-order valence-electron chi connectivity index (χ4n) is 2.00. The lowest BCUT2D eigenvalue weighted by Gasteiger charge is -2.11. The van der Waals surface area contributed by atoms with Gasteiger partial charge in [-0.25, -0.2) is 13.1 Å². The molecule has 6 nitrogen and oxygen atoms in total. The van der Waals surface area contributed by atoms with Gasteiger partial charge in [0.15, 0.2) is 0 Å². The lowest BCUT2D eigenvalue weighted by Crippen LogP contribution is -2.31. The van der Waals surface area contributed by atoms with Crippen molar-refractivity contribution in [3.05, 3.63) is 0 Å². The van der Waals surface area contributed by atoms with Crippen LogP contribution in [0.15, 0.2) is 0 Å². The maximum Gasteiger partial charge on any atom is 0.306 e. The molecule has 0 aromatic carbocycles. The highest BCUT2D eigenvalue weighted by molar-refractivity contribution is 7.89. The third kappa shape index (κ3) is 5.79. The van der Waals surface area contributed by atoms with Gasteiger partial charge in [0, 0.05) is 6.54 Å². The van der Waals surface area contributed by atoms with Crippen molar-refractivity contribution >= 4 is 16.0 Å². The van der Waals surface area contributed by atoms with Gasteiger partial charge in [0.1, 0.15) is 0 Å². The molecule has 1 rings (SSSR count). The Bertz CT molecular complexity index is 368. The molecule has 18 heavy (non-hydrogen) atoms. The third-order valence-electron chi connectivity index (χ3n) is 2.99. The Hall–Kier alpha value is -0.660. The smallest absolute Gasteiger partial charge is 0.306 e. The molecule has 0 amide bonds. The highest BCUT2D eigenvalue weighted by atomic mass is 32.2. The molecule has 2 atom stereocenters. The van der Waals surface area contributed by atoms with Gasteiger partial charge in [-0.3, -0.25) is 4.79 Å². The van der Waals surface area contributed by atoms with E-state index < -0.39 is 16.0 Å². The van der Waals surface area contributed by atoms with Crippen LogP contribution in [0.1, 0.15) is 32.6 Å². The van der Waals surface area contributed by atoms with Gasteiger partial charge in [0.05, 0.1) is 24.9 Å². The molecular weight excluding hydrogens is 258 g/mol. The molecule has 0 aromatic heterocycles. The van der Waals surface area contributed by atoms with Crippen LogP contribution in [0.4, 0.5) is 0 Å². The molecule has 0 aliphatic heterocycles. The molecule has 1 saturated carbocycles. The Morgan fingerprint density at radius 2 is 2.17 bits per heavy atom. The molecule has 0 aromatic rings. The predicted molar refractivity (Wildman–Crippen MR) is 66.4 cm³/mol. The fraction of sp³-hybridized carbons (Fsp3) is 0.909. The largest absolute Gasteiger partial charge is 0.466 e. The molecule has 106 valence electrons. The average Bonchev–Trinajstić information content (AvgIpc) is 2.71. The summed E-state index contributed by atoms with van der Waals surface area (Å²) < 4.78 is 30.3. The maximum absolute atomic E-state index is 11.6. The Morgan fingerprint density at radius 3 is 2.72 bits per heavy atom. The molecule has 2 N–H and O–H groups in total. The number of carbonyl (C=O) groups is 1. The van der Waals surface area contributed by atoms with Crippen LogP contribution >= 0.6 is 0 Å². The first-order valence-corrected chi connectivity index (χ1v) is 7.89. The molecule has 0 bridgehead atoms. The normalized spacial score (nSPS) is 24.1. The van der Waals surface area contributed by atoms with E-state index >= 15 is 0 Å². The molecule has 0 saturated heterocycles. The topological polar surface area (TPSA) is 92.7 Å². The number of hydrogen-bond donors (Lipinski definition) is 2. The van der Waals surface area contributed by atoms with Gasteiger partial charge in [0.2, 0.25) is 10.0 Å². The van der Waals surface area contributed by atoms with Gasteiger partial charge in [-0.1, -0.05) is 0 Å². The van der Waals surface area contributed by atoms with E-state index in [0.717, 1.165) is 12.8 Å². The van der Waals surface area contributed by atoms with Gasteiger partial charge >= 0.3 is 5.97 Å². The van der Waals surface area contributed by atoms with Crippen LogP contribution in [0.25, 0.3) is 0 Å². The van der Waals surface area contributed by atoms with Crippen molar-refractivity contribution < 1.29 is 23.1 Å². The second-order valence-electron chi connectivity index (χ2n) is 4.56. The van der Waals surface area contributed by atoms with Crippen molar-refractivity contribution in [2.75, 3.05) is 18.9 Å². The number of sulfonamides is 1. The van der Waals surface area contributed by atoms with E-state index in [2.05, 4.69) is 9.46 Å². The van der Waals surface area contributed by atoms with Crippen LogP contribution in [0, 0.1) is 5.92 Å². The summed E-state index contributed by atoms with van der Waals surface area (Å²) in [4.78, 5) is 11.0. The Balaban J connectivity index is 2.25. The minimum Gasteiger partial charge on any atom is -0.466 e. The Kier molecular flexibility index (Phi) is 6.04. The summed E-state index contributed by atoms with van der Waals surface area (Å²) in [6.45, 7) is 2.27. The SMILES string of the molecule is CCOC(=O)CCS(=O)(=O)NCC1CCC(O)C1. The lowest BCUT2D eigenvalue weighted by atomic mass is 10.1. The van der Waals surface area contributed by atoms with Crippen molar-refractivity contribution in [1.82, 2.24) is 4.72 Å². The number of aliphatic hydroxyl groups is 1. The van der Waals surface area contributed by atoms with E-state index in [1.54, 1.807) is 6.92 Å². The second-order valence-corrected chi connectivity index (χ2v) is 6.48. The minimum absolute atomic E-state index is 0.129. The summed E-state index contributed by atoms with van der Waals surface area (Å²) in [5, 5.41) is 9.33. The van der Waals surface area contributed by atoms with Crippen LogP contribution in [0.5, 0.6) is 0 Å². The van der Waals surface area contributed by atoms with Crippen LogP contribution < -0.4 is 4.72 Å². The van der Waals surface area contributed by atoms with Crippen molar-refractivity contribution in [2.45, 2.75) is 38.7 Å². The summed E-state index contributed by atoms with van der Waals surface area (Å²) in [6, 6.07) is 0. The van der Waals surface area contributed by atoms with Crippen LogP contribution in [-0.4, -0.2) is 44.5 Å². The van der Waals surface area contributed by atoms with Crippen LogP contribution in [0.3, 0.4) is 0 Å². The molecule has 0 radical (unpaired) electrons. The summed E-state index contributed by atoms with van der Waals surface area (Å²) >= 11 is 0. The summed E-state index contributed by atoms with van der Waals surface area (Å²) in [5.41, 5.74) is 0. The van der Waals surface area contributed by atoms with Crippen molar-refractivity contribution in [3.63, 3.8) is 0 Å². The van der Waals surface area contributed by atoms with E-state index in [0.29, 0.717) is 13.0 Å². The van der Waals surface area contributed by atoms with Gasteiger partial charge in [-0.2, -0.15) is 0 Å². The molecular formula is C11H21NO5S. The number of aliphatic hydroxyl groups excluding tert-OH is 1. The summed E-state index contributed by atoms with van der Waals surface area (Å²) in [6.07, 6.45) is 1.77. The van der Waals surface area contributed by atoms with E-state index in [1.807, 2.05) is 0 Å². The second kappa shape index (κ2) is 7.06. The highest BCUT2D eigenvalue weighted by Gasteiger charge is 2.24. The molecule has 0 spiro atoms. The molecule has 0 heterocycles. The minimum atomic E-state index is -3.43. The molecule has 1 fully saturated rings. The number of rotatable bonds is 7. The lowest BCUT2D eigenvalue weighted by molar-refractivity contribution is -0.142. The zero-order valence-corrected chi connectivity index (χ0v) is 11.4. The first kappa shape index (κ1) is 15.4. The predicted octanol–water partition coefficient (Wildman–Crippen LogP) is 0.0200. The number of esters is 1. The number of nitrogens with one attached hydrogen (secondary N) is 1. The van der Waals surface area contributed by atoms with E-state index in [4.69, 9.17) is 0 Å². The number of hydrogen-bond acceptors (Lipinski definition) is 5. The Labute approximate surface area is 108 Å². The zero-order valence-electron chi connectivity index (χ0n) is 10.6. The van der Waals surface area contributed by atoms with Gasteiger partial charge in [-0.05, 0) is 32.1 Å². The average molecular weight is 279 g/mol. The third-order valence-corrected chi connectivity index (χ3v) is 4.33. The van der Waals surface area contributed by atoms with Crippen LogP contribution in [-0.2, 0) is 19.6 Å². The maximum atomic E-state index is 11.6. The number of carbonyl (C=O) groups excluding carboxylic acids is 1. The van der Waals surface area contributed by atoms with E-state index in [9.17, 15) is 18.3 Å². The van der Waals surface area contributed by atoms with Crippen molar-refractivity contribution in [2.24, 2.45) is 5.92 Å². The standard InChI is InChI=1S/C11H21NO5S/c1-2-17-11(14)5-6-18(15,16)12-8-9-3-4-10(13)7-9/h9-10,12-13H,2-8H2,1H3. The zero-order chi connectivity index (χ0) is 13.6. The highest BCUT2D eigenvalue weighted by Crippen LogP contribution is 2.24. The van der Waals surface area contributed by atoms with Crippen molar-refractivity contribution in [3.8, 4) is 0 Å². The monoisotopic (exact) mass is 279 g/mol.